The van der Waals surface area contributed by atoms with Crippen molar-refractivity contribution in [3.05, 3.63) is 40.2 Å². The highest BCUT2D eigenvalue weighted by atomic mass is 19.4. The fourth-order valence-electron chi connectivity index (χ4n) is 2.73. The van der Waals surface area contributed by atoms with Gasteiger partial charge in [0.15, 0.2) is 6.10 Å². The Bertz CT molecular complexity index is 955. The smallest absolute Gasteiger partial charge is 0.417 e. The van der Waals surface area contributed by atoms with Crippen LogP contribution < -0.4 is 10.4 Å². The molecule has 0 amide bonds. The number of carboxylic acid groups (broad SMARTS) is 1. The molecule has 1 aromatic carbocycles. The van der Waals surface area contributed by atoms with Crippen LogP contribution in [-0.4, -0.2) is 57.1 Å². The van der Waals surface area contributed by atoms with Crippen LogP contribution in [0.3, 0.4) is 0 Å². The number of fused-ring (bicyclic) bond motifs is 1. The number of aliphatic hydroxyl groups excluding tert-OH is 3. The highest BCUT2D eigenvalue weighted by molar-refractivity contribution is 5.82. The normalized spacial score (nSPS) is 28.3. The summed E-state index contributed by atoms with van der Waals surface area (Å²) < 4.78 is 54.0. The molecule has 28 heavy (non-hydrogen) atoms. The Morgan fingerprint density at radius 3 is 2.36 bits per heavy atom. The molecule has 3 rings (SSSR count). The molecule has 2 heterocycles. The van der Waals surface area contributed by atoms with Crippen molar-refractivity contribution in [2.24, 2.45) is 0 Å². The molecule has 0 unspecified atom stereocenters. The molecule has 2 aromatic rings. The van der Waals surface area contributed by atoms with Gasteiger partial charge in [0.05, 0.1) is 5.56 Å². The Labute approximate surface area is 153 Å². The Hall–Kier alpha value is -2.67. The zero-order valence-corrected chi connectivity index (χ0v) is 13.7. The molecule has 0 spiro atoms. The van der Waals surface area contributed by atoms with Gasteiger partial charge in [-0.1, -0.05) is 0 Å². The molecule has 4 N–H and O–H groups in total. The summed E-state index contributed by atoms with van der Waals surface area (Å²) in [7, 11) is 0. The fourth-order valence-corrected chi connectivity index (χ4v) is 2.73. The number of hydrogen-bond donors (Lipinski definition) is 4. The summed E-state index contributed by atoms with van der Waals surface area (Å²) in [5.74, 6) is -1.88. The highest BCUT2D eigenvalue weighted by Crippen LogP contribution is 2.35. The first-order valence-corrected chi connectivity index (χ1v) is 7.73. The minimum absolute atomic E-state index is 0.244. The molecule has 1 aliphatic rings. The van der Waals surface area contributed by atoms with Gasteiger partial charge in [0.1, 0.15) is 29.6 Å². The third-order valence-electron chi connectivity index (χ3n) is 4.09. The van der Waals surface area contributed by atoms with E-state index in [9.17, 15) is 38.1 Å². The van der Waals surface area contributed by atoms with Gasteiger partial charge in [-0.05, 0) is 12.1 Å². The maximum atomic E-state index is 13.0. The number of aliphatic hydroxyl groups is 3. The van der Waals surface area contributed by atoms with E-state index in [1.165, 1.54) is 0 Å². The molecule has 9 nitrogen and oxygen atoms in total. The number of ether oxygens (including phenoxy) is 2. The monoisotopic (exact) mass is 406 g/mol. The molecular weight excluding hydrogens is 393 g/mol. The average Bonchev–Trinajstić information content (AvgIpc) is 2.60. The maximum absolute atomic E-state index is 13.0. The topological polar surface area (TPSA) is 147 Å². The molecule has 1 aliphatic heterocycles. The predicted octanol–water partition coefficient (Wildman–Crippen LogP) is 0.0828. The minimum atomic E-state index is -4.81. The van der Waals surface area contributed by atoms with Crippen molar-refractivity contribution in [1.29, 1.82) is 0 Å². The highest BCUT2D eigenvalue weighted by Gasteiger charge is 2.48. The van der Waals surface area contributed by atoms with Crippen LogP contribution in [0.2, 0.25) is 0 Å². The fraction of sp³-hybridized carbons (Fsp3) is 0.375. The molecule has 1 fully saturated rings. The standard InChI is InChI=1S/C16H13F3O9/c17-16(18,19)7-4-9(20)27-8-3-5(1-2-6(7)8)26-15-12(23)10(21)11(22)13(28-15)14(24)25/h1-4,10-13,15,21-23H,(H,24,25)/t10-,11-,12+,13-,15+/m1/s1. The van der Waals surface area contributed by atoms with Crippen molar-refractivity contribution >= 4 is 16.9 Å². The van der Waals surface area contributed by atoms with Gasteiger partial charge in [0.25, 0.3) is 0 Å². The quantitative estimate of drug-likeness (QED) is 0.521. The number of rotatable bonds is 3. The van der Waals surface area contributed by atoms with E-state index in [4.69, 9.17) is 19.0 Å². The maximum Gasteiger partial charge on any atom is 0.417 e. The molecular formula is C16H13F3O9. The molecule has 1 aromatic heterocycles. The van der Waals surface area contributed by atoms with Crippen LogP contribution in [0.25, 0.3) is 11.0 Å². The summed E-state index contributed by atoms with van der Waals surface area (Å²) in [5, 5.41) is 37.8. The zero-order chi connectivity index (χ0) is 20.8. The zero-order valence-electron chi connectivity index (χ0n) is 13.7. The number of carbonyl (C=O) groups is 1. The number of aliphatic carboxylic acids is 1. The molecule has 0 saturated carbocycles. The first-order valence-electron chi connectivity index (χ1n) is 7.73. The van der Waals surface area contributed by atoms with Crippen LogP contribution in [-0.2, 0) is 15.7 Å². The third-order valence-corrected chi connectivity index (χ3v) is 4.09. The van der Waals surface area contributed by atoms with E-state index in [1.54, 1.807) is 0 Å². The SMILES string of the molecule is O=C(O)[C@@H]1O[C@H](Oc2ccc3c(C(F)(F)F)cc(=O)oc3c2)[C@@H](O)[C@H](O)[C@H]1O. The first kappa shape index (κ1) is 20.1. The largest absolute Gasteiger partial charge is 0.479 e. The Balaban J connectivity index is 1.94. The molecule has 0 bridgehead atoms. The average molecular weight is 406 g/mol. The van der Waals surface area contributed by atoms with Crippen LogP contribution in [0.5, 0.6) is 5.75 Å². The lowest BCUT2D eigenvalue weighted by atomic mass is 9.99. The van der Waals surface area contributed by atoms with Crippen molar-refractivity contribution in [3.63, 3.8) is 0 Å². The predicted molar refractivity (Wildman–Crippen MR) is 82.4 cm³/mol. The van der Waals surface area contributed by atoms with Crippen LogP contribution in [0.15, 0.2) is 33.5 Å². The van der Waals surface area contributed by atoms with Crippen LogP contribution >= 0.6 is 0 Å². The number of carboxylic acids is 1. The van der Waals surface area contributed by atoms with E-state index in [0.29, 0.717) is 6.07 Å². The Morgan fingerprint density at radius 1 is 1.07 bits per heavy atom. The van der Waals surface area contributed by atoms with Gasteiger partial charge >= 0.3 is 17.8 Å². The number of alkyl halides is 3. The Kier molecular flexibility index (Phi) is 5.06. The van der Waals surface area contributed by atoms with Crippen LogP contribution in [0, 0.1) is 0 Å². The van der Waals surface area contributed by atoms with E-state index in [-0.39, 0.29) is 5.75 Å². The van der Waals surface area contributed by atoms with Gasteiger partial charge in [-0.2, -0.15) is 13.2 Å². The van der Waals surface area contributed by atoms with E-state index in [2.05, 4.69) is 0 Å². The minimum Gasteiger partial charge on any atom is -0.479 e. The Morgan fingerprint density at radius 2 is 1.75 bits per heavy atom. The summed E-state index contributed by atoms with van der Waals surface area (Å²) in [6, 6.07) is 3.20. The van der Waals surface area contributed by atoms with Gasteiger partial charge in [-0.15, -0.1) is 0 Å². The first-order chi connectivity index (χ1) is 13.0. The van der Waals surface area contributed by atoms with Gasteiger partial charge in [0, 0.05) is 17.5 Å². The molecule has 5 atom stereocenters. The summed E-state index contributed by atoms with van der Waals surface area (Å²) in [6.07, 6.45) is -14.2. The van der Waals surface area contributed by atoms with E-state index >= 15 is 0 Å². The van der Waals surface area contributed by atoms with Gasteiger partial charge in [-0.25, -0.2) is 9.59 Å². The van der Waals surface area contributed by atoms with Crippen molar-refractivity contribution in [2.75, 3.05) is 0 Å². The van der Waals surface area contributed by atoms with Crippen molar-refractivity contribution < 1.29 is 52.3 Å². The number of benzene rings is 1. The van der Waals surface area contributed by atoms with Crippen LogP contribution in [0.4, 0.5) is 13.2 Å². The van der Waals surface area contributed by atoms with Gasteiger partial charge in [0.2, 0.25) is 6.29 Å². The second-order valence-corrected chi connectivity index (χ2v) is 5.99. The van der Waals surface area contributed by atoms with E-state index in [1.807, 2.05) is 0 Å². The molecule has 12 heteroatoms. The summed E-state index contributed by atoms with van der Waals surface area (Å²) in [6.45, 7) is 0. The lowest BCUT2D eigenvalue weighted by molar-refractivity contribution is -0.271. The lowest BCUT2D eigenvalue weighted by Gasteiger charge is -2.38. The summed E-state index contributed by atoms with van der Waals surface area (Å²) >= 11 is 0. The molecule has 0 aliphatic carbocycles. The lowest BCUT2D eigenvalue weighted by Crippen LogP contribution is -2.61. The van der Waals surface area contributed by atoms with Crippen molar-refractivity contribution in [2.45, 2.75) is 36.9 Å². The van der Waals surface area contributed by atoms with E-state index in [0.717, 1.165) is 18.2 Å². The number of hydrogen-bond acceptors (Lipinski definition) is 8. The van der Waals surface area contributed by atoms with Crippen molar-refractivity contribution in [1.82, 2.24) is 0 Å². The number of halogens is 3. The summed E-state index contributed by atoms with van der Waals surface area (Å²) in [5.41, 5.74) is -2.95. The third kappa shape index (κ3) is 3.67. The van der Waals surface area contributed by atoms with Crippen LogP contribution in [0.1, 0.15) is 5.56 Å². The van der Waals surface area contributed by atoms with E-state index < -0.39 is 65.0 Å². The molecule has 152 valence electrons. The second-order valence-electron chi connectivity index (χ2n) is 5.99. The molecule has 1 saturated heterocycles. The second kappa shape index (κ2) is 7.05. The molecule has 0 radical (unpaired) electrons. The van der Waals surface area contributed by atoms with Gasteiger partial charge < -0.3 is 34.3 Å². The summed E-state index contributed by atoms with van der Waals surface area (Å²) in [4.78, 5) is 22.5. The van der Waals surface area contributed by atoms with Crippen molar-refractivity contribution in [3.8, 4) is 5.75 Å². The van der Waals surface area contributed by atoms with Gasteiger partial charge in [-0.3, -0.25) is 0 Å².